The Labute approximate surface area is 134 Å². The van der Waals surface area contributed by atoms with Gasteiger partial charge in [-0.2, -0.15) is 0 Å². The fraction of sp³-hybridized carbons (Fsp3) is 0.647. The van der Waals surface area contributed by atoms with Crippen LogP contribution in [0.3, 0.4) is 0 Å². The van der Waals surface area contributed by atoms with Crippen LogP contribution in [0.15, 0.2) is 24.3 Å². The van der Waals surface area contributed by atoms with Crippen molar-refractivity contribution in [1.29, 1.82) is 0 Å². The van der Waals surface area contributed by atoms with Crippen molar-refractivity contribution >= 4 is 0 Å². The Morgan fingerprint density at radius 3 is 2.77 bits per heavy atom. The van der Waals surface area contributed by atoms with Gasteiger partial charge in [0.05, 0.1) is 19.8 Å². The van der Waals surface area contributed by atoms with Crippen LogP contribution in [0.4, 0.5) is 0 Å². The molecule has 22 heavy (non-hydrogen) atoms. The van der Waals surface area contributed by atoms with Gasteiger partial charge in [-0.3, -0.25) is 4.90 Å². The van der Waals surface area contributed by atoms with E-state index in [1.807, 2.05) is 6.07 Å². The van der Waals surface area contributed by atoms with Crippen LogP contribution in [0.25, 0.3) is 0 Å². The van der Waals surface area contributed by atoms with Crippen molar-refractivity contribution in [3.05, 3.63) is 29.8 Å². The van der Waals surface area contributed by atoms with Crippen LogP contribution in [0.2, 0.25) is 0 Å². The van der Waals surface area contributed by atoms with Crippen LogP contribution >= 0.6 is 0 Å². The van der Waals surface area contributed by atoms with Crippen LogP contribution in [0.5, 0.6) is 5.75 Å². The fourth-order valence-electron chi connectivity index (χ4n) is 2.77. The second-order valence-corrected chi connectivity index (χ2v) is 5.98. The molecular formula is C17H29N3O2. The Hall–Kier alpha value is -1.14. The molecule has 0 bridgehead atoms. The lowest BCUT2D eigenvalue weighted by molar-refractivity contribution is 0.0178. The van der Waals surface area contributed by atoms with E-state index in [4.69, 9.17) is 15.2 Å². The third-order valence-electron chi connectivity index (χ3n) is 3.97. The highest BCUT2D eigenvalue weighted by atomic mass is 16.5. The van der Waals surface area contributed by atoms with Gasteiger partial charge in [0.1, 0.15) is 5.75 Å². The smallest absolute Gasteiger partial charge is 0.119 e. The molecule has 2 N–H and O–H groups in total. The maximum Gasteiger partial charge on any atom is 0.119 e. The largest absolute Gasteiger partial charge is 0.494 e. The lowest BCUT2D eigenvalue weighted by Crippen LogP contribution is -2.41. The predicted octanol–water partition coefficient (Wildman–Crippen LogP) is 1.35. The summed E-state index contributed by atoms with van der Waals surface area (Å²) in [5.41, 5.74) is 7.24. The van der Waals surface area contributed by atoms with E-state index in [1.54, 1.807) is 0 Å². The molecule has 0 spiro atoms. The standard InChI is InChI=1S/C17H29N3O2/c1-19(2)7-4-10-22-16-6-3-5-15(13-16)17(14-18)20-8-11-21-12-9-20/h3,5-6,13,17H,4,7-12,14,18H2,1-2H3. The molecule has 0 aliphatic carbocycles. The van der Waals surface area contributed by atoms with Crippen LogP contribution in [0.1, 0.15) is 18.0 Å². The van der Waals surface area contributed by atoms with Gasteiger partial charge in [0.25, 0.3) is 0 Å². The summed E-state index contributed by atoms with van der Waals surface area (Å²) >= 11 is 0. The first-order valence-electron chi connectivity index (χ1n) is 8.10. The molecule has 1 aromatic rings. The number of morpholine rings is 1. The predicted molar refractivity (Wildman–Crippen MR) is 89.3 cm³/mol. The van der Waals surface area contributed by atoms with Gasteiger partial charge in [-0.25, -0.2) is 0 Å². The first kappa shape index (κ1) is 17.2. The maximum absolute atomic E-state index is 6.01. The number of hydrogen-bond donors (Lipinski definition) is 1. The summed E-state index contributed by atoms with van der Waals surface area (Å²) in [5, 5.41) is 0. The number of nitrogens with two attached hydrogens (primary N) is 1. The van der Waals surface area contributed by atoms with Crippen LogP contribution in [-0.2, 0) is 4.74 Å². The van der Waals surface area contributed by atoms with E-state index in [2.05, 4.69) is 42.1 Å². The van der Waals surface area contributed by atoms with Crippen LogP contribution in [0, 0.1) is 0 Å². The SMILES string of the molecule is CN(C)CCCOc1cccc(C(CN)N2CCOCC2)c1. The Morgan fingerprint density at radius 1 is 1.32 bits per heavy atom. The molecule has 1 aliphatic heterocycles. The van der Waals surface area contributed by atoms with Crippen molar-refractivity contribution in [3.63, 3.8) is 0 Å². The minimum Gasteiger partial charge on any atom is -0.494 e. The monoisotopic (exact) mass is 307 g/mol. The van der Waals surface area contributed by atoms with E-state index >= 15 is 0 Å². The zero-order chi connectivity index (χ0) is 15.8. The zero-order valence-corrected chi connectivity index (χ0v) is 13.8. The van der Waals surface area contributed by atoms with Crippen molar-refractivity contribution in [2.24, 2.45) is 5.73 Å². The summed E-state index contributed by atoms with van der Waals surface area (Å²) in [6.45, 7) is 5.86. The van der Waals surface area contributed by atoms with Gasteiger partial charge in [-0.05, 0) is 38.2 Å². The van der Waals surface area contributed by atoms with Crippen molar-refractivity contribution in [2.45, 2.75) is 12.5 Å². The summed E-state index contributed by atoms with van der Waals surface area (Å²) < 4.78 is 11.3. The van der Waals surface area contributed by atoms with Gasteiger partial charge in [0, 0.05) is 32.2 Å². The molecule has 124 valence electrons. The average molecular weight is 307 g/mol. The van der Waals surface area contributed by atoms with E-state index in [-0.39, 0.29) is 6.04 Å². The molecule has 1 unspecified atom stereocenters. The van der Waals surface area contributed by atoms with Gasteiger partial charge in [-0.1, -0.05) is 12.1 Å². The molecular weight excluding hydrogens is 278 g/mol. The molecule has 0 aromatic heterocycles. The van der Waals surface area contributed by atoms with E-state index < -0.39 is 0 Å². The number of benzene rings is 1. The average Bonchev–Trinajstić information content (AvgIpc) is 2.54. The van der Waals surface area contributed by atoms with Crippen molar-refractivity contribution in [2.75, 3.05) is 60.1 Å². The van der Waals surface area contributed by atoms with Crippen molar-refractivity contribution in [3.8, 4) is 5.75 Å². The first-order valence-corrected chi connectivity index (χ1v) is 8.10. The minimum absolute atomic E-state index is 0.245. The lowest BCUT2D eigenvalue weighted by Gasteiger charge is -2.34. The third kappa shape index (κ3) is 5.25. The fourth-order valence-corrected chi connectivity index (χ4v) is 2.77. The third-order valence-corrected chi connectivity index (χ3v) is 3.97. The molecule has 1 atom stereocenters. The van der Waals surface area contributed by atoms with Gasteiger partial charge in [0.15, 0.2) is 0 Å². The summed E-state index contributed by atoms with van der Waals surface area (Å²) in [6, 6.07) is 8.59. The van der Waals surface area contributed by atoms with E-state index in [0.717, 1.165) is 51.6 Å². The Balaban J connectivity index is 1.93. The topological polar surface area (TPSA) is 51.0 Å². The summed E-state index contributed by atoms with van der Waals surface area (Å²) in [4.78, 5) is 4.57. The highest BCUT2D eigenvalue weighted by Gasteiger charge is 2.21. The van der Waals surface area contributed by atoms with E-state index in [9.17, 15) is 0 Å². The second kappa shape index (κ2) is 9.10. The molecule has 1 heterocycles. The number of hydrogen-bond acceptors (Lipinski definition) is 5. The summed E-state index contributed by atoms with van der Waals surface area (Å²) in [7, 11) is 4.16. The Bertz CT molecular complexity index is 434. The molecule has 0 amide bonds. The molecule has 5 nitrogen and oxygen atoms in total. The number of nitrogens with zero attached hydrogens (tertiary/aromatic N) is 2. The molecule has 0 saturated carbocycles. The molecule has 1 aliphatic rings. The zero-order valence-electron chi connectivity index (χ0n) is 13.8. The normalized spacial score (nSPS) is 17.6. The van der Waals surface area contributed by atoms with Gasteiger partial charge in [-0.15, -0.1) is 0 Å². The summed E-state index contributed by atoms with van der Waals surface area (Å²) in [5.74, 6) is 0.933. The van der Waals surface area contributed by atoms with Crippen LogP contribution in [-0.4, -0.2) is 69.9 Å². The second-order valence-electron chi connectivity index (χ2n) is 5.98. The Morgan fingerprint density at radius 2 is 2.09 bits per heavy atom. The molecule has 1 saturated heterocycles. The number of ether oxygens (including phenoxy) is 2. The molecule has 2 rings (SSSR count). The van der Waals surface area contributed by atoms with Gasteiger partial charge < -0.3 is 20.1 Å². The molecule has 0 radical (unpaired) electrons. The maximum atomic E-state index is 6.01. The lowest BCUT2D eigenvalue weighted by atomic mass is 10.0. The highest BCUT2D eigenvalue weighted by molar-refractivity contribution is 5.31. The van der Waals surface area contributed by atoms with Gasteiger partial charge in [0.2, 0.25) is 0 Å². The Kier molecular flexibility index (Phi) is 7.12. The highest BCUT2D eigenvalue weighted by Crippen LogP contribution is 2.24. The van der Waals surface area contributed by atoms with Gasteiger partial charge >= 0.3 is 0 Å². The molecule has 5 heteroatoms. The van der Waals surface area contributed by atoms with Crippen molar-refractivity contribution in [1.82, 2.24) is 9.80 Å². The minimum atomic E-state index is 0.245. The summed E-state index contributed by atoms with van der Waals surface area (Å²) in [6.07, 6.45) is 1.03. The molecule has 1 aromatic carbocycles. The van der Waals surface area contributed by atoms with E-state index in [0.29, 0.717) is 6.54 Å². The van der Waals surface area contributed by atoms with Crippen molar-refractivity contribution < 1.29 is 9.47 Å². The first-order chi connectivity index (χ1) is 10.7. The number of rotatable bonds is 8. The molecule has 1 fully saturated rings. The quantitative estimate of drug-likeness (QED) is 0.735. The van der Waals surface area contributed by atoms with E-state index in [1.165, 1.54) is 5.56 Å². The van der Waals surface area contributed by atoms with Crippen LogP contribution < -0.4 is 10.5 Å².